The number of ether oxygens (including phenoxy) is 1. The number of rotatable bonds is 7. The van der Waals surface area contributed by atoms with Crippen LogP contribution in [0.15, 0.2) is 66.0 Å². The van der Waals surface area contributed by atoms with Crippen molar-refractivity contribution >= 4 is 41.1 Å². The van der Waals surface area contributed by atoms with Crippen LogP contribution in [0.5, 0.6) is 0 Å². The van der Waals surface area contributed by atoms with Crippen LogP contribution >= 0.6 is 11.3 Å². The van der Waals surface area contributed by atoms with E-state index in [1.165, 1.54) is 21.7 Å². The third-order valence-electron chi connectivity index (χ3n) is 6.15. The predicted octanol–water partition coefficient (Wildman–Crippen LogP) is 4.48. The molecule has 2 heterocycles. The molecule has 1 atom stereocenters. The van der Waals surface area contributed by atoms with Gasteiger partial charge in [0, 0.05) is 18.5 Å². The molecule has 1 aromatic heterocycles. The summed E-state index contributed by atoms with van der Waals surface area (Å²) >= 11 is 1.49. The molecular weight excluding hydrogens is 448 g/mol. The molecule has 33 heavy (non-hydrogen) atoms. The van der Waals surface area contributed by atoms with E-state index in [9.17, 15) is 4.79 Å². The Hall–Kier alpha value is -2.48. The molecule has 1 fully saturated rings. The van der Waals surface area contributed by atoms with Gasteiger partial charge in [0.05, 0.1) is 12.7 Å². The summed E-state index contributed by atoms with van der Waals surface area (Å²) < 4.78 is 12.4. The Morgan fingerprint density at radius 3 is 2.24 bits per heavy atom. The van der Waals surface area contributed by atoms with Crippen molar-refractivity contribution < 1.29 is 14.0 Å². The van der Waals surface area contributed by atoms with Gasteiger partial charge in [0.1, 0.15) is 0 Å². The average molecular weight is 481 g/mol. The van der Waals surface area contributed by atoms with Gasteiger partial charge in [0.2, 0.25) is 0 Å². The first-order valence-corrected chi connectivity index (χ1v) is 14.3. The van der Waals surface area contributed by atoms with Gasteiger partial charge in [-0.15, -0.1) is 11.3 Å². The molecule has 7 heteroatoms. The van der Waals surface area contributed by atoms with Crippen LogP contribution in [0.1, 0.15) is 44.6 Å². The minimum Gasteiger partial charge on any atom is -0.461 e. The number of carbonyl (C=O) groups is 1. The number of benzene rings is 2. The zero-order valence-electron chi connectivity index (χ0n) is 19.8. The average Bonchev–Trinajstić information content (AvgIpc) is 3.48. The molecule has 0 amide bonds. The van der Waals surface area contributed by atoms with Crippen molar-refractivity contribution in [2.45, 2.75) is 45.3 Å². The lowest BCUT2D eigenvalue weighted by Gasteiger charge is -2.44. The first kappa shape index (κ1) is 23.7. The molecular formula is C26H32N2O3SSi. The molecule has 0 aliphatic carbocycles. The second kappa shape index (κ2) is 9.79. The number of hydrogen-bond acceptors (Lipinski definition) is 6. The first-order valence-electron chi connectivity index (χ1n) is 11.5. The Kier molecular flexibility index (Phi) is 7.02. The molecule has 1 saturated heterocycles. The van der Waals surface area contributed by atoms with E-state index in [2.05, 4.69) is 91.3 Å². The highest BCUT2D eigenvalue weighted by Gasteiger charge is 2.52. The normalized spacial score (nSPS) is 16.7. The highest BCUT2D eigenvalue weighted by atomic mass is 32.1. The van der Waals surface area contributed by atoms with Crippen molar-refractivity contribution in [3.8, 4) is 0 Å². The topological polar surface area (TPSA) is 51.7 Å². The molecule has 0 N–H and O–H groups in total. The largest absolute Gasteiger partial charge is 0.461 e. The lowest BCUT2D eigenvalue weighted by molar-refractivity contribution is 0.0520. The number of nitrogens with zero attached hydrogens (tertiary/aromatic N) is 2. The van der Waals surface area contributed by atoms with Crippen LogP contribution in [0.3, 0.4) is 0 Å². The molecule has 0 saturated carbocycles. The Morgan fingerprint density at radius 2 is 1.70 bits per heavy atom. The first-order chi connectivity index (χ1) is 15.8. The Balaban J connectivity index is 1.63. The van der Waals surface area contributed by atoms with Gasteiger partial charge in [-0.3, -0.25) is 0 Å². The summed E-state index contributed by atoms with van der Waals surface area (Å²) in [6, 6.07) is 21.5. The van der Waals surface area contributed by atoms with Crippen LogP contribution in [0.25, 0.3) is 0 Å². The molecule has 5 nitrogen and oxygen atoms in total. The summed E-state index contributed by atoms with van der Waals surface area (Å²) in [7, 11) is -2.59. The zero-order valence-corrected chi connectivity index (χ0v) is 21.6. The summed E-state index contributed by atoms with van der Waals surface area (Å²) in [5.41, 5.74) is 0.383. The molecule has 0 spiro atoms. The fourth-order valence-electron chi connectivity index (χ4n) is 4.65. The van der Waals surface area contributed by atoms with E-state index in [1.54, 1.807) is 12.3 Å². The van der Waals surface area contributed by atoms with Gasteiger partial charge in [-0.2, -0.15) is 0 Å². The molecule has 2 aromatic carbocycles. The van der Waals surface area contributed by atoms with E-state index in [4.69, 9.17) is 9.16 Å². The summed E-state index contributed by atoms with van der Waals surface area (Å²) in [6.45, 7) is 10.7. The fourth-order valence-corrected chi connectivity index (χ4v) is 10.2. The maximum absolute atomic E-state index is 12.0. The zero-order chi connectivity index (χ0) is 23.5. The number of anilines is 1. The molecule has 0 unspecified atom stereocenters. The van der Waals surface area contributed by atoms with Gasteiger partial charge >= 0.3 is 5.97 Å². The number of carbonyl (C=O) groups excluding carboxylic acids is 1. The van der Waals surface area contributed by atoms with E-state index in [-0.39, 0.29) is 17.1 Å². The van der Waals surface area contributed by atoms with Crippen LogP contribution < -0.4 is 15.3 Å². The summed E-state index contributed by atoms with van der Waals surface area (Å²) in [6.07, 6.45) is 1.02. The highest BCUT2D eigenvalue weighted by Crippen LogP contribution is 2.39. The summed E-state index contributed by atoms with van der Waals surface area (Å²) in [5.74, 6) is -0.362. The van der Waals surface area contributed by atoms with Crippen molar-refractivity contribution in [1.82, 2.24) is 4.98 Å². The minimum atomic E-state index is -2.59. The van der Waals surface area contributed by atoms with Crippen molar-refractivity contribution in [3.63, 3.8) is 0 Å². The SMILES string of the molecule is CCOC(=O)c1csc(N2CC[C@H](O[Si](c3ccccc3)(c3ccccc3)C(C)(C)C)C2)n1. The molecule has 0 bridgehead atoms. The van der Waals surface area contributed by atoms with E-state index in [0.29, 0.717) is 12.3 Å². The molecule has 0 radical (unpaired) electrons. The van der Waals surface area contributed by atoms with Gasteiger partial charge in [-0.1, -0.05) is 81.4 Å². The third-order valence-corrected chi connectivity index (χ3v) is 12.1. The van der Waals surface area contributed by atoms with Crippen molar-refractivity contribution in [3.05, 3.63) is 71.7 Å². The van der Waals surface area contributed by atoms with Gasteiger partial charge in [0.25, 0.3) is 8.32 Å². The summed E-state index contributed by atoms with van der Waals surface area (Å²) in [5, 5.41) is 5.17. The highest BCUT2D eigenvalue weighted by molar-refractivity contribution is 7.14. The summed E-state index contributed by atoms with van der Waals surface area (Å²) in [4.78, 5) is 18.8. The van der Waals surface area contributed by atoms with Crippen molar-refractivity contribution in [2.24, 2.45) is 0 Å². The second-order valence-corrected chi connectivity index (χ2v) is 14.5. The van der Waals surface area contributed by atoms with Crippen LogP contribution in [-0.2, 0) is 9.16 Å². The second-order valence-electron chi connectivity index (χ2n) is 9.37. The molecule has 3 aromatic rings. The lowest BCUT2D eigenvalue weighted by atomic mass is 10.2. The smallest absolute Gasteiger partial charge is 0.357 e. The Bertz CT molecular complexity index is 1030. The number of hydrogen-bond donors (Lipinski definition) is 0. The van der Waals surface area contributed by atoms with E-state index >= 15 is 0 Å². The van der Waals surface area contributed by atoms with Crippen LogP contribution in [0.2, 0.25) is 5.04 Å². The number of thiazole rings is 1. The van der Waals surface area contributed by atoms with Crippen LogP contribution in [0.4, 0.5) is 5.13 Å². The quantitative estimate of drug-likeness (QED) is 0.369. The van der Waals surface area contributed by atoms with Gasteiger partial charge < -0.3 is 14.1 Å². The standard InChI is InChI=1S/C26H32N2O3SSi/c1-5-30-24(29)23-19-32-25(27-23)28-17-16-20(18-28)31-33(26(2,3)4,21-12-8-6-9-13-21)22-14-10-7-11-15-22/h6-15,19-20H,5,16-18H2,1-4H3/t20-/m0/s1. The van der Waals surface area contributed by atoms with E-state index < -0.39 is 8.32 Å². The number of esters is 1. The number of aromatic nitrogens is 1. The molecule has 174 valence electrons. The lowest BCUT2D eigenvalue weighted by Crippen LogP contribution is -2.67. The van der Waals surface area contributed by atoms with Crippen LogP contribution in [0, 0.1) is 0 Å². The fraction of sp³-hybridized carbons (Fsp3) is 0.385. The van der Waals surface area contributed by atoms with Crippen molar-refractivity contribution in [2.75, 3.05) is 24.6 Å². The molecule has 1 aliphatic rings. The maximum Gasteiger partial charge on any atom is 0.357 e. The monoisotopic (exact) mass is 480 g/mol. The van der Waals surface area contributed by atoms with Crippen LogP contribution in [-0.4, -0.2) is 45.1 Å². The van der Waals surface area contributed by atoms with Crippen molar-refractivity contribution in [1.29, 1.82) is 0 Å². The van der Waals surface area contributed by atoms with Gasteiger partial charge in [-0.25, -0.2) is 9.78 Å². The maximum atomic E-state index is 12.0. The van der Waals surface area contributed by atoms with E-state index in [1.807, 2.05) is 0 Å². The van der Waals surface area contributed by atoms with E-state index in [0.717, 1.165) is 24.6 Å². The molecule has 1 aliphatic heterocycles. The Labute approximate surface area is 201 Å². The predicted molar refractivity (Wildman–Crippen MR) is 137 cm³/mol. The Morgan fingerprint density at radius 1 is 1.09 bits per heavy atom. The van der Waals surface area contributed by atoms with Gasteiger partial charge in [-0.05, 0) is 28.8 Å². The third kappa shape index (κ3) is 4.76. The minimum absolute atomic E-state index is 0.0542. The molecule has 4 rings (SSSR count). The van der Waals surface area contributed by atoms with Gasteiger partial charge in [0.15, 0.2) is 10.8 Å².